The van der Waals surface area contributed by atoms with Gasteiger partial charge in [-0.2, -0.15) is 0 Å². The minimum atomic E-state index is -0.853. The zero-order chi connectivity index (χ0) is 31.6. The number of benzene rings is 2. The highest BCUT2D eigenvalue weighted by atomic mass is 79.9. The van der Waals surface area contributed by atoms with Crippen LogP contribution in [0.15, 0.2) is 86.0 Å². The highest BCUT2D eigenvalue weighted by Crippen LogP contribution is 2.69. The molecule has 4 unspecified atom stereocenters. The number of hydrogen-bond acceptors (Lipinski definition) is 5. The van der Waals surface area contributed by atoms with Crippen LogP contribution in [0.2, 0.25) is 0 Å². The first-order chi connectivity index (χ1) is 21.2. The lowest BCUT2D eigenvalue weighted by Gasteiger charge is -2.41. The first-order valence-electron chi connectivity index (χ1n) is 15.4. The minimum absolute atomic E-state index is 0.0627. The molecule has 5 rings (SSSR count). The third-order valence-electron chi connectivity index (χ3n) is 9.43. The molecule has 3 heterocycles. The zero-order valence-corrected chi connectivity index (χ0v) is 27.8. The maximum absolute atomic E-state index is 14.9. The van der Waals surface area contributed by atoms with E-state index in [9.17, 15) is 19.5 Å². The number of aliphatic hydroxyl groups is 1. The van der Waals surface area contributed by atoms with Gasteiger partial charge < -0.3 is 19.8 Å². The number of para-hydroxylation sites is 1. The van der Waals surface area contributed by atoms with E-state index in [-0.39, 0.29) is 40.4 Å². The van der Waals surface area contributed by atoms with Gasteiger partial charge in [0.2, 0.25) is 17.7 Å². The summed E-state index contributed by atoms with van der Waals surface area (Å²) in [5.41, 5.74) is 1.49. The molecule has 1 spiro atoms. The lowest BCUT2D eigenvalue weighted by molar-refractivity contribution is -0.146. The van der Waals surface area contributed by atoms with Crippen molar-refractivity contribution in [3.05, 3.63) is 91.5 Å². The molecule has 2 bridgehead atoms. The molecule has 9 heteroatoms. The summed E-state index contributed by atoms with van der Waals surface area (Å²) >= 11 is 5.50. The second kappa shape index (κ2) is 13.6. The minimum Gasteiger partial charge on any atom is -0.394 e. The van der Waals surface area contributed by atoms with E-state index in [4.69, 9.17) is 0 Å². The number of hydrogen-bond donors (Lipinski definition) is 1. The van der Waals surface area contributed by atoms with Crippen LogP contribution in [0.5, 0.6) is 0 Å². The van der Waals surface area contributed by atoms with Crippen LogP contribution in [-0.2, 0) is 14.4 Å². The van der Waals surface area contributed by atoms with Crippen LogP contribution < -0.4 is 4.90 Å². The molecule has 2 aromatic rings. The van der Waals surface area contributed by atoms with Crippen molar-refractivity contribution in [3.8, 4) is 0 Å². The molecule has 0 aliphatic carbocycles. The maximum atomic E-state index is 14.9. The highest BCUT2D eigenvalue weighted by Gasteiger charge is 2.76. The maximum Gasteiger partial charge on any atom is 0.247 e. The monoisotopic (exact) mass is 679 g/mol. The first-order valence-corrected chi connectivity index (χ1v) is 17.2. The van der Waals surface area contributed by atoms with Crippen molar-refractivity contribution >= 4 is 51.1 Å². The van der Waals surface area contributed by atoms with Crippen LogP contribution in [-0.4, -0.2) is 79.2 Å². The number of fused-ring (bicyclic) bond motifs is 1. The molecule has 3 aliphatic rings. The molecule has 0 aromatic heterocycles. The molecular weight excluding hydrogens is 638 g/mol. The number of carbonyl (C=O) groups is 3. The number of thioether (sulfide) groups is 1. The fraction of sp³-hybridized carbons (Fsp3) is 0.457. The zero-order valence-electron chi connectivity index (χ0n) is 25.4. The van der Waals surface area contributed by atoms with Gasteiger partial charge in [-0.25, -0.2) is 0 Å². The van der Waals surface area contributed by atoms with Crippen LogP contribution in [0.25, 0.3) is 0 Å². The van der Waals surface area contributed by atoms with E-state index in [1.54, 1.807) is 33.7 Å². The van der Waals surface area contributed by atoms with Crippen LogP contribution in [0.4, 0.5) is 5.69 Å². The number of likely N-dealkylation sites (tertiary alicyclic amines) is 1. The Labute approximate surface area is 273 Å². The van der Waals surface area contributed by atoms with Gasteiger partial charge >= 0.3 is 0 Å². The molecule has 7 nitrogen and oxygen atoms in total. The van der Waals surface area contributed by atoms with Gasteiger partial charge in [0, 0.05) is 34.9 Å². The Morgan fingerprint density at radius 2 is 1.73 bits per heavy atom. The predicted octanol–water partition coefficient (Wildman–Crippen LogP) is 5.61. The average Bonchev–Trinajstić information content (AvgIpc) is 3.63. The normalized spacial score (nSPS) is 28.3. The van der Waals surface area contributed by atoms with Gasteiger partial charge in [-0.1, -0.05) is 90.0 Å². The number of halogens is 1. The molecule has 0 saturated carbocycles. The second-order valence-corrected chi connectivity index (χ2v) is 14.7. The lowest BCUT2D eigenvalue weighted by Crippen LogP contribution is -2.58. The Kier molecular flexibility index (Phi) is 10.1. The number of rotatable bonds is 13. The third kappa shape index (κ3) is 5.45. The summed E-state index contributed by atoms with van der Waals surface area (Å²) < 4.78 is -0.836. The lowest BCUT2D eigenvalue weighted by atomic mass is 9.70. The van der Waals surface area contributed by atoms with E-state index >= 15 is 0 Å². The molecule has 2 aromatic carbocycles. The van der Waals surface area contributed by atoms with E-state index in [0.29, 0.717) is 19.5 Å². The summed E-state index contributed by atoms with van der Waals surface area (Å²) in [7, 11) is 0. The highest BCUT2D eigenvalue weighted by molar-refractivity contribution is 9.09. The molecule has 3 fully saturated rings. The van der Waals surface area contributed by atoms with Crippen molar-refractivity contribution < 1.29 is 19.5 Å². The van der Waals surface area contributed by atoms with Crippen molar-refractivity contribution in [1.29, 1.82) is 0 Å². The number of carbonyl (C=O) groups excluding carboxylic acids is 3. The largest absolute Gasteiger partial charge is 0.394 e. The number of alkyl halides is 1. The molecule has 8 atom stereocenters. The van der Waals surface area contributed by atoms with Crippen LogP contribution in [0.3, 0.4) is 0 Å². The van der Waals surface area contributed by atoms with E-state index < -0.39 is 28.7 Å². The van der Waals surface area contributed by atoms with Crippen LogP contribution in [0.1, 0.15) is 44.7 Å². The van der Waals surface area contributed by atoms with Gasteiger partial charge in [0.1, 0.15) is 6.04 Å². The number of anilines is 1. The molecule has 3 aliphatic heterocycles. The summed E-state index contributed by atoms with van der Waals surface area (Å²) in [4.78, 5) is 49.5. The van der Waals surface area contributed by atoms with E-state index in [1.165, 1.54) is 0 Å². The van der Waals surface area contributed by atoms with Gasteiger partial charge in [0.25, 0.3) is 0 Å². The molecule has 44 heavy (non-hydrogen) atoms. The molecule has 3 amide bonds. The number of amides is 3. The molecule has 0 radical (unpaired) electrons. The third-order valence-corrected chi connectivity index (χ3v) is 12.7. The van der Waals surface area contributed by atoms with Gasteiger partial charge in [0.15, 0.2) is 0 Å². The first kappa shape index (κ1) is 32.5. The summed E-state index contributed by atoms with van der Waals surface area (Å²) in [6.45, 7) is 12.3. The van der Waals surface area contributed by atoms with Gasteiger partial charge in [0.05, 0.1) is 29.2 Å². The molecule has 1 N–H and O–H groups in total. The van der Waals surface area contributed by atoms with Crippen molar-refractivity contribution in [2.24, 2.45) is 11.8 Å². The van der Waals surface area contributed by atoms with Crippen molar-refractivity contribution in [2.45, 2.75) is 66.1 Å². The Morgan fingerprint density at radius 3 is 2.32 bits per heavy atom. The second-order valence-electron chi connectivity index (χ2n) is 12.0. The van der Waals surface area contributed by atoms with E-state index in [1.807, 2.05) is 72.5 Å². The standard InChI is InChI=1S/C35H42BrN3O4S/c1-5-14-23(4)37(19-6-2)34(43)31-35-21-26(36)30(44-35)28(32(41)38(20-7-3)25-17-12-9-13-18-25)29(35)33(42)39(31)27(22-40)24-15-10-8-11-16-24/h6-13,15-18,23,26-31,40H,2-3,5,14,19-22H2,1,4H3/t23?,26?,27-,28-,29+,30-,31?,35?/m1/s1. The fourth-order valence-electron chi connectivity index (χ4n) is 7.59. The van der Waals surface area contributed by atoms with Crippen LogP contribution >= 0.6 is 27.7 Å². The average molecular weight is 681 g/mol. The smallest absolute Gasteiger partial charge is 0.247 e. The molecule has 3 saturated heterocycles. The van der Waals surface area contributed by atoms with Crippen molar-refractivity contribution in [2.75, 3.05) is 24.6 Å². The van der Waals surface area contributed by atoms with Gasteiger partial charge in [-0.3, -0.25) is 14.4 Å². The Hall–Kier alpha value is -2.88. The summed E-state index contributed by atoms with van der Waals surface area (Å²) in [6, 6.07) is 17.2. The van der Waals surface area contributed by atoms with Crippen molar-refractivity contribution in [1.82, 2.24) is 9.80 Å². The quantitative estimate of drug-likeness (QED) is 0.220. The van der Waals surface area contributed by atoms with E-state index in [0.717, 1.165) is 24.1 Å². The SMILES string of the molecule is C=CCN(C(=O)[C@H]1[C@@H]2SC3(CC2Br)C(C(=O)N(CC=C)C(C)CCC)N([C@H](CO)c2ccccc2)C(=O)[C@H]13)c1ccccc1. The van der Waals surface area contributed by atoms with E-state index in [2.05, 4.69) is 36.0 Å². The predicted molar refractivity (Wildman–Crippen MR) is 181 cm³/mol. The Bertz CT molecular complexity index is 1380. The number of nitrogens with zero attached hydrogens (tertiary/aromatic N) is 3. The number of aliphatic hydroxyl groups excluding tert-OH is 1. The summed E-state index contributed by atoms with van der Waals surface area (Å²) in [5, 5.41) is 10.6. The molecule has 234 valence electrons. The molecular formula is C35H42BrN3O4S. The Morgan fingerprint density at radius 1 is 1.09 bits per heavy atom. The van der Waals surface area contributed by atoms with Gasteiger partial charge in [-0.15, -0.1) is 24.9 Å². The van der Waals surface area contributed by atoms with Crippen LogP contribution in [0, 0.1) is 11.8 Å². The van der Waals surface area contributed by atoms with Gasteiger partial charge in [-0.05, 0) is 37.5 Å². The fourth-order valence-corrected chi connectivity index (χ4v) is 11.2. The summed E-state index contributed by atoms with van der Waals surface area (Å²) in [5.74, 6) is -1.90. The Balaban J connectivity index is 1.65. The van der Waals surface area contributed by atoms with Crippen molar-refractivity contribution in [3.63, 3.8) is 0 Å². The topological polar surface area (TPSA) is 81.2 Å². The summed E-state index contributed by atoms with van der Waals surface area (Å²) in [6.07, 6.45) is 5.71.